The Morgan fingerprint density at radius 3 is 1.45 bits per heavy atom. The molecule has 0 radical (unpaired) electrons. The minimum absolute atomic E-state index is 0.412. The lowest BCUT2D eigenvalue weighted by atomic mass is 10.3. The van der Waals surface area contributed by atoms with Gasteiger partial charge in [0.2, 0.25) is 0 Å². The van der Waals surface area contributed by atoms with E-state index < -0.39 is 0 Å². The molecule has 0 amide bonds. The van der Waals surface area contributed by atoms with Crippen LogP contribution in [0.4, 0.5) is 0 Å². The summed E-state index contributed by atoms with van der Waals surface area (Å²) in [6, 6.07) is 0. The first-order valence-corrected chi connectivity index (χ1v) is 7.33. The van der Waals surface area contributed by atoms with Gasteiger partial charge in [0.05, 0.1) is 10.0 Å². The van der Waals surface area contributed by atoms with Gasteiger partial charge < -0.3 is 0 Å². The summed E-state index contributed by atoms with van der Waals surface area (Å²) in [5, 5.41) is 2.05. The maximum absolute atomic E-state index is 5.67. The van der Waals surface area contributed by atoms with Crippen LogP contribution < -0.4 is 0 Å². The summed E-state index contributed by atoms with van der Waals surface area (Å²) < 4.78 is 0. The highest BCUT2D eigenvalue weighted by Crippen LogP contribution is 2.20. The monoisotopic (exact) mass is 353 g/mol. The van der Waals surface area contributed by atoms with Crippen molar-refractivity contribution in [1.29, 1.82) is 0 Å². The van der Waals surface area contributed by atoms with Gasteiger partial charge in [-0.3, -0.25) is 4.98 Å². The van der Waals surface area contributed by atoms with Crippen molar-refractivity contribution < 1.29 is 0 Å². The molecule has 0 aliphatic heterocycles. The fourth-order valence-corrected chi connectivity index (χ4v) is 1.56. The number of rotatable bonds is 0. The van der Waals surface area contributed by atoms with Gasteiger partial charge in [0.1, 0.15) is 16.6 Å². The second-order valence-corrected chi connectivity index (χ2v) is 4.84. The minimum Gasteiger partial charge on any atom is -0.262 e. The highest BCUT2D eigenvalue weighted by molar-refractivity contribution is 6.35. The van der Waals surface area contributed by atoms with Gasteiger partial charge in [0, 0.05) is 18.0 Å². The molecular weight excluding hydrogens is 340 g/mol. The lowest BCUT2D eigenvalue weighted by Gasteiger charge is -1.95. The first-order chi connectivity index (χ1) is 9.43. The molecule has 2 aromatic heterocycles. The zero-order valence-electron chi connectivity index (χ0n) is 11.6. The van der Waals surface area contributed by atoms with Crippen LogP contribution in [0.25, 0.3) is 0 Å². The molecule has 3 nitrogen and oxygen atoms in total. The molecule has 2 rings (SSSR count). The van der Waals surface area contributed by atoms with Crippen LogP contribution in [0.1, 0.15) is 25.0 Å². The number of hydrogen-bond acceptors (Lipinski definition) is 3. The van der Waals surface area contributed by atoms with E-state index in [-0.39, 0.29) is 0 Å². The summed E-state index contributed by atoms with van der Waals surface area (Å²) in [7, 11) is 0. The molecule has 20 heavy (non-hydrogen) atoms. The summed E-state index contributed by atoms with van der Waals surface area (Å²) in [5.41, 5.74) is 1.61. The molecule has 7 heteroatoms. The van der Waals surface area contributed by atoms with Crippen molar-refractivity contribution in [2.75, 3.05) is 0 Å². The predicted molar refractivity (Wildman–Crippen MR) is 87.1 cm³/mol. The zero-order valence-corrected chi connectivity index (χ0v) is 14.6. The van der Waals surface area contributed by atoms with E-state index in [1.54, 1.807) is 19.3 Å². The fourth-order valence-electron chi connectivity index (χ4n) is 0.885. The maximum atomic E-state index is 5.67. The van der Waals surface area contributed by atoms with Gasteiger partial charge in [-0.05, 0) is 19.4 Å². The molecular formula is C13H15Cl4N3. The second-order valence-electron chi connectivity index (χ2n) is 3.31. The molecule has 0 unspecified atom stereocenters. The lowest BCUT2D eigenvalue weighted by molar-refractivity contribution is 1.13. The van der Waals surface area contributed by atoms with Crippen molar-refractivity contribution in [1.82, 2.24) is 15.0 Å². The Morgan fingerprint density at radius 2 is 1.15 bits per heavy atom. The Hall–Kier alpha value is -0.610. The van der Waals surface area contributed by atoms with Crippen molar-refractivity contribution in [2.24, 2.45) is 0 Å². The van der Waals surface area contributed by atoms with E-state index in [9.17, 15) is 0 Å². The minimum atomic E-state index is 0.412. The molecule has 0 bridgehead atoms. The van der Waals surface area contributed by atoms with Crippen LogP contribution in [0, 0.1) is 13.8 Å². The van der Waals surface area contributed by atoms with Crippen LogP contribution >= 0.6 is 46.4 Å². The van der Waals surface area contributed by atoms with Crippen LogP contribution in [-0.2, 0) is 0 Å². The zero-order chi connectivity index (χ0) is 15.7. The highest BCUT2D eigenvalue weighted by atomic mass is 35.5. The number of halogens is 4. The normalized spacial score (nSPS) is 9.00. The van der Waals surface area contributed by atoms with Gasteiger partial charge in [-0.25, -0.2) is 9.97 Å². The topological polar surface area (TPSA) is 38.7 Å². The third-order valence-corrected chi connectivity index (χ3v) is 3.58. The predicted octanol–water partition coefficient (Wildman–Crippen LogP) is 5.81. The fraction of sp³-hybridized carbons (Fsp3) is 0.308. The molecule has 0 spiro atoms. The summed E-state index contributed by atoms with van der Waals surface area (Å²) in [5.74, 6) is 0. The standard InChI is InChI=1S/C6H5Cl2N.C5H4Cl2N2.C2H6/c1-4-5(7)2-9-3-6(4)8;1-3-4(6)8-2-9-5(3)7;1-2/h2-3H,1H3;2H,1H3;1-2H3. The summed E-state index contributed by atoms with van der Waals surface area (Å²) >= 11 is 22.5. The van der Waals surface area contributed by atoms with E-state index >= 15 is 0 Å². The molecule has 0 saturated heterocycles. The van der Waals surface area contributed by atoms with Gasteiger partial charge in [-0.2, -0.15) is 0 Å². The van der Waals surface area contributed by atoms with Crippen LogP contribution in [0.3, 0.4) is 0 Å². The first kappa shape index (κ1) is 19.4. The van der Waals surface area contributed by atoms with Crippen LogP contribution in [0.15, 0.2) is 18.7 Å². The molecule has 2 aromatic rings. The first-order valence-electron chi connectivity index (χ1n) is 5.81. The van der Waals surface area contributed by atoms with Gasteiger partial charge in [0.25, 0.3) is 0 Å². The Labute approximate surface area is 139 Å². The van der Waals surface area contributed by atoms with Gasteiger partial charge in [-0.15, -0.1) is 0 Å². The molecule has 2 heterocycles. The van der Waals surface area contributed by atoms with Crippen molar-refractivity contribution in [2.45, 2.75) is 27.7 Å². The van der Waals surface area contributed by atoms with Gasteiger partial charge in [0.15, 0.2) is 0 Å². The summed E-state index contributed by atoms with van der Waals surface area (Å²) in [4.78, 5) is 11.2. The molecule has 0 atom stereocenters. The van der Waals surface area contributed by atoms with Crippen LogP contribution in [0.5, 0.6) is 0 Å². The molecule has 0 saturated carbocycles. The van der Waals surface area contributed by atoms with Crippen molar-refractivity contribution in [3.8, 4) is 0 Å². The summed E-state index contributed by atoms with van der Waals surface area (Å²) in [6.07, 6.45) is 4.48. The third kappa shape index (κ3) is 6.23. The van der Waals surface area contributed by atoms with E-state index in [2.05, 4.69) is 15.0 Å². The van der Waals surface area contributed by atoms with E-state index in [1.807, 2.05) is 20.8 Å². The number of aromatic nitrogens is 3. The van der Waals surface area contributed by atoms with E-state index in [0.29, 0.717) is 20.4 Å². The van der Waals surface area contributed by atoms with Crippen molar-refractivity contribution in [3.05, 3.63) is 50.2 Å². The molecule has 0 fully saturated rings. The Bertz CT molecular complexity index is 457. The molecule has 0 N–H and O–H groups in total. The Balaban J connectivity index is 0.000000321. The van der Waals surface area contributed by atoms with E-state index in [0.717, 1.165) is 11.1 Å². The summed E-state index contributed by atoms with van der Waals surface area (Å²) in [6.45, 7) is 7.62. The highest BCUT2D eigenvalue weighted by Gasteiger charge is 1.99. The van der Waals surface area contributed by atoms with Crippen molar-refractivity contribution >= 4 is 46.4 Å². The molecule has 0 aromatic carbocycles. The van der Waals surface area contributed by atoms with Gasteiger partial charge in [-0.1, -0.05) is 60.3 Å². The molecule has 0 aliphatic rings. The average molecular weight is 355 g/mol. The number of pyridine rings is 1. The quantitative estimate of drug-likeness (QED) is 0.560. The van der Waals surface area contributed by atoms with Crippen LogP contribution in [0.2, 0.25) is 20.4 Å². The van der Waals surface area contributed by atoms with E-state index in [4.69, 9.17) is 46.4 Å². The van der Waals surface area contributed by atoms with E-state index in [1.165, 1.54) is 6.33 Å². The molecule has 110 valence electrons. The Morgan fingerprint density at radius 1 is 0.750 bits per heavy atom. The number of hydrogen-bond donors (Lipinski definition) is 0. The third-order valence-electron chi connectivity index (χ3n) is 2.05. The average Bonchev–Trinajstić information content (AvgIpc) is 2.45. The van der Waals surface area contributed by atoms with Crippen LogP contribution in [-0.4, -0.2) is 15.0 Å². The van der Waals surface area contributed by atoms with Crippen molar-refractivity contribution in [3.63, 3.8) is 0 Å². The lowest BCUT2D eigenvalue weighted by Crippen LogP contribution is -1.84. The molecule has 0 aliphatic carbocycles. The second kappa shape index (κ2) is 10.2. The number of nitrogens with zero attached hydrogens (tertiary/aromatic N) is 3. The van der Waals surface area contributed by atoms with Gasteiger partial charge >= 0.3 is 0 Å². The smallest absolute Gasteiger partial charge is 0.136 e. The maximum Gasteiger partial charge on any atom is 0.136 e. The Kier molecular flexibility index (Phi) is 9.86. The SMILES string of the molecule is CC.Cc1c(Cl)cncc1Cl.Cc1c(Cl)ncnc1Cl. The largest absolute Gasteiger partial charge is 0.262 e.